The first kappa shape index (κ1) is 42.3. The first-order chi connectivity index (χ1) is 27.4. The monoisotopic (exact) mass is 792 g/mol. The van der Waals surface area contributed by atoms with Crippen molar-refractivity contribution in [1.29, 1.82) is 0 Å². The van der Waals surface area contributed by atoms with Crippen molar-refractivity contribution in [3.8, 4) is 0 Å². The molecule has 312 valence electrons. The van der Waals surface area contributed by atoms with E-state index in [1.54, 1.807) is 9.80 Å². The highest BCUT2D eigenvalue weighted by Crippen LogP contribution is 2.26. The largest absolute Gasteiger partial charge is 0.447 e. The lowest BCUT2D eigenvalue weighted by atomic mass is 9.90. The number of Topliss-reactive ketones (excluding diaryl/α,β-unsaturated/α-hetero) is 2. The molecule has 15 heteroatoms. The SMILES string of the molecule is CC(C)(C(=O)c1ccc(N2CCN(C(=O)OCCOCCOC(=O)N3CCN(c4ccc(C(=O)C(C)(C)N5CCOCC5)cc4)CC3)CC2)cc1)N1CCOCC1. The minimum absolute atomic E-state index is 0.0956. The van der Waals surface area contributed by atoms with Crippen molar-refractivity contribution in [3.05, 3.63) is 59.7 Å². The fourth-order valence-corrected chi connectivity index (χ4v) is 7.84. The molecule has 0 bridgehead atoms. The van der Waals surface area contributed by atoms with Gasteiger partial charge in [-0.3, -0.25) is 19.4 Å². The molecule has 0 saturated carbocycles. The molecule has 0 aromatic heterocycles. The minimum atomic E-state index is -0.601. The smallest absolute Gasteiger partial charge is 0.409 e. The van der Waals surface area contributed by atoms with Crippen LogP contribution >= 0.6 is 0 Å². The molecule has 0 spiro atoms. The van der Waals surface area contributed by atoms with E-state index in [2.05, 4.69) is 19.6 Å². The van der Waals surface area contributed by atoms with Crippen molar-refractivity contribution in [2.24, 2.45) is 0 Å². The molecular weight excluding hydrogens is 732 g/mol. The van der Waals surface area contributed by atoms with Crippen LogP contribution in [0.25, 0.3) is 0 Å². The van der Waals surface area contributed by atoms with Crippen molar-refractivity contribution < 1.29 is 42.9 Å². The molecule has 4 aliphatic rings. The highest BCUT2D eigenvalue weighted by atomic mass is 16.6. The molecule has 0 atom stereocenters. The molecule has 57 heavy (non-hydrogen) atoms. The third-order valence-electron chi connectivity index (χ3n) is 11.7. The average Bonchev–Trinajstić information content (AvgIpc) is 3.26. The second-order valence-corrected chi connectivity index (χ2v) is 15.9. The fraction of sp³-hybridized carbons (Fsp3) is 0.619. The summed E-state index contributed by atoms with van der Waals surface area (Å²) >= 11 is 0. The molecule has 4 aliphatic heterocycles. The predicted octanol–water partition coefficient (Wildman–Crippen LogP) is 3.51. The number of benzene rings is 2. The lowest BCUT2D eigenvalue weighted by molar-refractivity contribution is -0.00442. The van der Waals surface area contributed by atoms with Crippen LogP contribution in [0.5, 0.6) is 0 Å². The summed E-state index contributed by atoms with van der Waals surface area (Å²) < 4.78 is 27.3. The number of ether oxygens (including phenoxy) is 5. The minimum Gasteiger partial charge on any atom is -0.447 e. The van der Waals surface area contributed by atoms with E-state index in [4.69, 9.17) is 23.7 Å². The Kier molecular flexibility index (Phi) is 14.4. The van der Waals surface area contributed by atoms with Gasteiger partial charge in [0, 0.05) is 101 Å². The van der Waals surface area contributed by atoms with E-state index in [1.165, 1.54) is 0 Å². The Morgan fingerprint density at radius 3 is 1.16 bits per heavy atom. The zero-order valence-corrected chi connectivity index (χ0v) is 34.1. The maximum Gasteiger partial charge on any atom is 0.409 e. The van der Waals surface area contributed by atoms with Gasteiger partial charge in [0.2, 0.25) is 0 Å². The second-order valence-electron chi connectivity index (χ2n) is 15.9. The van der Waals surface area contributed by atoms with Crippen LogP contribution in [0.1, 0.15) is 48.4 Å². The molecule has 2 amide bonds. The summed E-state index contributed by atoms with van der Waals surface area (Å²) in [4.78, 5) is 64.1. The van der Waals surface area contributed by atoms with Crippen LogP contribution in [0.2, 0.25) is 0 Å². The maximum absolute atomic E-state index is 13.3. The number of morpholine rings is 2. The zero-order valence-electron chi connectivity index (χ0n) is 34.1. The molecule has 2 aromatic rings. The van der Waals surface area contributed by atoms with Gasteiger partial charge in [-0.2, -0.15) is 0 Å². The van der Waals surface area contributed by atoms with Crippen LogP contribution < -0.4 is 9.80 Å². The zero-order chi connectivity index (χ0) is 40.4. The van der Waals surface area contributed by atoms with Gasteiger partial charge in [0.05, 0.1) is 50.7 Å². The summed E-state index contributed by atoms with van der Waals surface area (Å²) in [7, 11) is 0. The Hall–Kier alpha value is -4.28. The summed E-state index contributed by atoms with van der Waals surface area (Å²) in [5.74, 6) is 0.191. The van der Waals surface area contributed by atoms with Crippen LogP contribution in [-0.2, 0) is 23.7 Å². The maximum atomic E-state index is 13.3. The van der Waals surface area contributed by atoms with Crippen LogP contribution in [0.15, 0.2) is 48.5 Å². The summed E-state index contributed by atoms with van der Waals surface area (Å²) in [5, 5.41) is 0. The topological polar surface area (TPSA) is 134 Å². The van der Waals surface area contributed by atoms with Gasteiger partial charge in [0.25, 0.3) is 0 Å². The number of rotatable bonds is 14. The van der Waals surface area contributed by atoms with Gasteiger partial charge in [-0.1, -0.05) is 0 Å². The van der Waals surface area contributed by atoms with Gasteiger partial charge in [0.1, 0.15) is 13.2 Å². The lowest BCUT2D eigenvalue weighted by Crippen LogP contribution is -2.54. The third-order valence-corrected chi connectivity index (χ3v) is 11.7. The van der Waals surface area contributed by atoms with Crippen LogP contribution in [0, 0.1) is 0 Å². The van der Waals surface area contributed by atoms with Gasteiger partial charge in [-0.05, 0) is 76.2 Å². The van der Waals surface area contributed by atoms with Gasteiger partial charge < -0.3 is 43.3 Å². The fourth-order valence-electron chi connectivity index (χ4n) is 7.84. The molecule has 4 fully saturated rings. The van der Waals surface area contributed by atoms with Crippen molar-refractivity contribution in [3.63, 3.8) is 0 Å². The first-order valence-electron chi connectivity index (χ1n) is 20.3. The van der Waals surface area contributed by atoms with Crippen molar-refractivity contribution >= 4 is 35.1 Å². The van der Waals surface area contributed by atoms with E-state index in [0.717, 1.165) is 37.6 Å². The molecule has 6 rings (SSSR count). The third kappa shape index (κ3) is 10.6. The molecule has 0 radical (unpaired) electrons. The van der Waals surface area contributed by atoms with Gasteiger partial charge in [-0.15, -0.1) is 0 Å². The highest BCUT2D eigenvalue weighted by Gasteiger charge is 2.37. The summed E-state index contributed by atoms with van der Waals surface area (Å²) in [6, 6.07) is 15.5. The summed E-state index contributed by atoms with van der Waals surface area (Å²) in [6.07, 6.45) is -0.764. The van der Waals surface area contributed by atoms with Gasteiger partial charge in [0.15, 0.2) is 11.6 Å². The number of hydrogen-bond donors (Lipinski definition) is 0. The standard InChI is InChI=1S/C42H60N6O9/c1-41(2,47-21-25-53-26-22-47)37(49)33-5-9-35(10-6-33)43-13-17-45(18-14-43)39(51)56-31-29-55-30-32-57-40(52)46-19-15-44(16-20-46)36-11-7-34(8-12-36)38(50)42(3,4)48-23-27-54-28-24-48/h5-12H,13-32H2,1-4H3. The Balaban J connectivity index is 0.812. The van der Waals surface area contributed by atoms with Gasteiger partial charge >= 0.3 is 12.2 Å². The van der Waals surface area contributed by atoms with Crippen molar-refractivity contribution in [2.45, 2.75) is 38.8 Å². The molecule has 0 aliphatic carbocycles. The van der Waals surface area contributed by atoms with Crippen molar-refractivity contribution in [1.82, 2.24) is 19.6 Å². The van der Waals surface area contributed by atoms with E-state index in [0.29, 0.717) is 89.9 Å². The highest BCUT2D eigenvalue weighted by molar-refractivity contribution is 6.03. The number of anilines is 2. The number of amides is 2. The van der Waals surface area contributed by atoms with E-state index in [1.807, 2.05) is 76.2 Å². The Morgan fingerprint density at radius 2 is 0.825 bits per heavy atom. The molecule has 0 N–H and O–H groups in total. The first-order valence-corrected chi connectivity index (χ1v) is 20.3. The van der Waals surface area contributed by atoms with Crippen LogP contribution in [0.4, 0.5) is 21.0 Å². The predicted molar refractivity (Wildman–Crippen MR) is 216 cm³/mol. The van der Waals surface area contributed by atoms with Crippen LogP contribution in [-0.4, -0.2) is 186 Å². The molecule has 0 unspecified atom stereocenters. The molecule has 4 saturated heterocycles. The number of carbonyl (C=O) groups is 4. The number of hydrogen-bond acceptors (Lipinski definition) is 13. The lowest BCUT2D eigenvalue weighted by Gasteiger charge is -2.39. The number of nitrogens with zero attached hydrogens (tertiary/aromatic N) is 6. The molecular formula is C42H60N6O9. The van der Waals surface area contributed by atoms with E-state index < -0.39 is 11.1 Å². The van der Waals surface area contributed by atoms with Crippen LogP contribution in [0.3, 0.4) is 0 Å². The molecule has 4 heterocycles. The number of piperazine rings is 2. The van der Waals surface area contributed by atoms with E-state index in [-0.39, 0.29) is 50.2 Å². The van der Waals surface area contributed by atoms with Gasteiger partial charge in [-0.25, -0.2) is 9.59 Å². The van der Waals surface area contributed by atoms with E-state index in [9.17, 15) is 19.2 Å². The molecule has 15 nitrogen and oxygen atoms in total. The normalized spacial score (nSPS) is 19.0. The quantitative estimate of drug-likeness (QED) is 0.204. The average molecular weight is 793 g/mol. The summed E-state index contributed by atoms with van der Waals surface area (Å²) in [5.41, 5.74) is 2.20. The molecule has 2 aromatic carbocycles. The Labute approximate surface area is 336 Å². The second kappa shape index (κ2) is 19.4. The number of ketones is 2. The Morgan fingerprint density at radius 1 is 0.491 bits per heavy atom. The number of carbonyl (C=O) groups excluding carboxylic acids is 4. The van der Waals surface area contributed by atoms with E-state index >= 15 is 0 Å². The van der Waals surface area contributed by atoms with Crippen molar-refractivity contribution in [2.75, 3.05) is 141 Å². The summed E-state index contributed by atoms with van der Waals surface area (Å²) in [6.45, 7) is 18.8. The Bertz CT molecular complexity index is 1520.